The van der Waals surface area contributed by atoms with Crippen LogP contribution >= 0.6 is 0 Å². The molecule has 0 heterocycles. The first kappa shape index (κ1) is 69.3. The van der Waals surface area contributed by atoms with Gasteiger partial charge in [-0.15, -0.1) is 0 Å². The zero-order chi connectivity index (χ0) is 51.4. The maximum Gasteiger partial charge on any atom is 0.305 e. The standard InChI is InChI=1S/C65H125NO5/c1-3-5-7-9-11-13-15-17-19-21-23-24-25-26-27-28-29-30-32-34-37-41-45-49-53-57-63(68)62(61-67)66-64(69)58-54-50-46-42-38-36-40-44-48-52-56-60-71-65(70)59-55-51-47-43-39-35-33-31-22-20-18-16-14-12-10-8-6-4-2/h20,22,53,57,62-63,67-68H,3-19,21,23-52,54-56,58-61H2,1-2H3,(H,66,69)/b22-20-,57-53+. The van der Waals surface area contributed by atoms with E-state index in [0.29, 0.717) is 19.4 Å². The van der Waals surface area contributed by atoms with Crippen molar-refractivity contribution in [2.45, 2.75) is 366 Å². The molecule has 3 N–H and O–H groups in total. The number of amides is 1. The van der Waals surface area contributed by atoms with Gasteiger partial charge in [0.2, 0.25) is 5.91 Å². The van der Waals surface area contributed by atoms with Crippen molar-refractivity contribution in [3.63, 3.8) is 0 Å². The number of hydrogen-bond donors (Lipinski definition) is 3. The molecule has 71 heavy (non-hydrogen) atoms. The number of hydrogen-bond acceptors (Lipinski definition) is 5. The SMILES string of the molecule is CCCCCCCCC/C=C\CCCCCCCCCC(=O)OCCCCCCCCCCCCCC(=O)NC(CO)C(O)/C=C/CCCCCCCCCCCCCCCCCCCCCCCCC. The third-order valence-electron chi connectivity index (χ3n) is 15.0. The highest BCUT2D eigenvalue weighted by atomic mass is 16.5. The highest BCUT2D eigenvalue weighted by molar-refractivity contribution is 5.76. The van der Waals surface area contributed by atoms with Gasteiger partial charge in [0, 0.05) is 12.8 Å². The average molecular weight is 1000 g/mol. The van der Waals surface area contributed by atoms with E-state index >= 15 is 0 Å². The Kier molecular flexibility index (Phi) is 59.5. The van der Waals surface area contributed by atoms with Crippen molar-refractivity contribution in [3.05, 3.63) is 24.3 Å². The lowest BCUT2D eigenvalue weighted by molar-refractivity contribution is -0.143. The molecule has 6 nitrogen and oxygen atoms in total. The Labute approximate surface area is 443 Å². The summed E-state index contributed by atoms with van der Waals surface area (Å²) in [6.07, 6.45) is 75.0. The molecular formula is C65H125NO5. The minimum absolute atomic E-state index is 0.0172. The number of aliphatic hydroxyl groups is 2. The third kappa shape index (κ3) is 57.5. The lowest BCUT2D eigenvalue weighted by Gasteiger charge is -2.20. The van der Waals surface area contributed by atoms with Gasteiger partial charge < -0.3 is 20.3 Å². The van der Waals surface area contributed by atoms with Gasteiger partial charge in [0.15, 0.2) is 0 Å². The summed E-state index contributed by atoms with van der Waals surface area (Å²) in [7, 11) is 0. The van der Waals surface area contributed by atoms with Crippen LogP contribution in [0.25, 0.3) is 0 Å². The molecular weight excluding hydrogens is 875 g/mol. The van der Waals surface area contributed by atoms with Crippen LogP contribution in [0.1, 0.15) is 354 Å². The topological polar surface area (TPSA) is 95.9 Å². The zero-order valence-electron chi connectivity index (χ0n) is 48.0. The van der Waals surface area contributed by atoms with Gasteiger partial charge in [0.25, 0.3) is 0 Å². The monoisotopic (exact) mass is 1000 g/mol. The van der Waals surface area contributed by atoms with E-state index in [9.17, 15) is 19.8 Å². The summed E-state index contributed by atoms with van der Waals surface area (Å²) >= 11 is 0. The Morgan fingerprint density at radius 3 is 1.00 bits per heavy atom. The van der Waals surface area contributed by atoms with Gasteiger partial charge in [-0.1, -0.05) is 308 Å². The molecule has 0 fully saturated rings. The van der Waals surface area contributed by atoms with E-state index in [2.05, 4.69) is 31.3 Å². The first-order valence-corrected chi connectivity index (χ1v) is 32.1. The van der Waals surface area contributed by atoms with Gasteiger partial charge in [0.05, 0.1) is 25.4 Å². The van der Waals surface area contributed by atoms with Crippen molar-refractivity contribution >= 4 is 11.9 Å². The van der Waals surface area contributed by atoms with Crippen molar-refractivity contribution in [1.82, 2.24) is 5.32 Å². The first-order chi connectivity index (χ1) is 35.0. The van der Waals surface area contributed by atoms with Crippen molar-refractivity contribution < 1.29 is 24.5 Å². The Morgan fingerprint density at radius 1 is 0.380 bits per heavy atom. The summed E-state index contributed by atoms with van der Waals surface area (Å²) in [4.78, 5) is 24.6. The van der Waals surface area contributed by atoms with Crippen LogP contribution in [0, 0.1) is 0 Å². The van der Waals surface area contributed by atoms with E-state index in [4.69, 9.17) is 4.74 Å². The van der Waals surface area contributed by atoms with E-state index in [-0.39, 0.29) is 18.5 Å². The molecule has 0 saturated carbocycles. The zero-order valence-corrected chi connectivity index (χ0v) is 48.0. The number of aliphatic hydroxyl groups excluding tert-OH is 2. The number of nitrogens with one attached hydrogen (secondary N) is 1. The third-order valence-corrected chi connectivity index (χ3v) is 15.0. The van der Waals surface area contributed by atoms with Crippen molar-refractivity contribution in [3.8, 4) is 0 Å². The lowest BCUT2D eigenvalue weighted by Crippen LogP contribution is -2.45. The van der Waals surface area contributed by atoms with E-state index in [0.717, 1.165) is 57.8 Å². The number of esters is 1. The molecule has 0 aromatic heterocycles. The molecule has 0 spiro atoms. The molecule has 0 aliphatic carbocycles. The average Bonchev–Trinajstić information content (AvgIpc) is 3.37. The second-order valence-corrected chi connectivity index (χ2v) is 22.1. The second-order valence-electron chi connectivity index (χ2n) is 22.1. The van der Waals surface area contributed by atoms with Crippen molar-refractivity contribution in [2.24, 2.45) is 0 Å². The van der Waals surface area contributed by atoms with Gasteiger partial charge in [-0.3, -0.25) is 9.59 Å². The van der Waals surface area contributed by atoms with E-state index < -0.39 is 12.1 Å². The smallest absolute Gasteiger partial charge is 0.305 e. The molecule has 0 aromatic rings. The molecule has 0 bridgehead atoms. The molecule has 0 aromatic carbocycles. The van der Waals surface area contributed by atoms with Crippen LogP contribution in [0.5, 0.6) is 0 Å². The molecule has 0 aliphatic rings. The highest BCUT2D eigenvalue weighted by Crippen LogP contribution is 2.18. The molecule has 6 heteroatoms. The molecule has 0 saturated heterocycles. The molecule has 0 radical (unpaired) electrons. The summed E-state index contributed by atoms with van der Waals surface area (Å²) in [5.74, 6) is -0.100. The molecule has 2 atom stereocenters. The van der Waals surface area contributed by atoms with E-state index in [1.165, 1.54) is 270 Å². The van der Waals surface area contributed by atoms with Gasteiger partial charge in [-0.05, 0) is 57.8 Å². The maximum atomic E-state index is 12.5. The van der Waals surface area contributed by atoms with Gasteiger partial charge in [0.1, 0.15) is 0 Å². The summed E-state index contributed by atoms with van der Waals surface area (Å²) in [5, 5.41) is 23.2. The Morgan fingerprint density at radius 2 is 0.662 bits per heavy atom. The fourth-order valence-electron chi connectivity index (χ4n) is 10.0. The van der Waals surface area contributed by atoms with E-state index in [1.807, 2.05) is 6.08 Å². The number of ether oxygens (including phenoxy) is 1. The van der Waals surface area contributed by atoms with Crippen LogP contribution < -0.4 is 5.32 Å². The number of unbranched alkanes of at least 4 members (excludes halogenated alkanes) is 47. The van der Waals surface area contributed by atoms with Crippen LogP contribution in [-0.2, 0) is 14.3 Å². The minimum Gasteiger partial charge on any atom is -0.466 e. The van der Waals surface area contributed by atoms with Crippen molar-refractivity contribution in [2.75, 3.05) is 13.2 Å². The molecule has 2 unspecified atom stereocenters. The molecule has 420 valence electrons. The number of rotatable bonds is 60. The molecule has 1 amide bonds. The fourth-order valence-corrected chi connectivity index (χ4v) is 10.0. The molecule has 0 rings (SSSR count). The van der Waals surface area contributed by atoms with Crippen molar-refractivity contribution in [1.29, 1.82) is 0 Å². The largest absolute Gasteiger partial charge is 0.466 e. The first-order valence-electron chi connectivity index (χ1n) is 32.1. The predicted octanol–water partition coefficient (Wildman–Crippen LogP) is 20.2. The summed E-state index contributed by atoms with van der Waals surface area (Å²) in [5.41, 5.74) is 0. The summed E-state index contributed by atoms with van der Waals surface area (Å²) in [6.45, 7) is 4.89. The van der Waals surface area contributed by atoms with Crippen LogP contribution in [-0.4, -0.2) is 47.4 Å². The minimum atomic E-state index is -0.858. The highest BCUT2D eigenvalue weighted by Gasteiger charge is 2.18. The summed E-state index contributed by atoms with van der Waals surface area (Å²) in [6, 6.07) is -0.643. The quantitative estimate of drug-likeness (QED) is 0.0320. The number of allylic oxidation sites excluding steroid dienone is 3. The Bertz CT molecular complexity index is 1110. The predicted molar refractivity (Wildman–Crippen MR) is 310 cm³/mol. The van der Waals surface area contributed by atoms with Gasteiger partial charge in [-0.25, -0.2) is 0 Å². The van der Waals surface area contributed by atoms with Crippen LogP contribution in [0.3, 0.4) is 0 Å². The van der Waals surface area contributed by atoms with Gasteiger partial charge >= 0.3 is 5.97 Å². The normalized spacial score (nSPS) is 12.7. The fraction of sp³-hybridized carbons (Fsp3) is 0.908. The Hall–Kier alpha value is -1.66. The van der Waals surface area contributed by atoms with E-state index in [1.54, 1.807) is 6.08 Å². The van der Waals surface area contributed by atoms with Crippen LogP contribution in [0.15, 0.2) is 24.3 Å². The lowest BCUT2D eigenvalue weighted by atomic mass is 10.0. The summed E-state index contributed by atoms with van der Waals surface area (Å²) < 4.78 is 5.48. The number of carbonyl (C=O) groups is 2. The molecule has 0 aliphatic heterocycles. The maximum absolute atomic E-state index is 12.5. The van der Waals surface area contributed by atoms with Crippen LogP contribution in [0.2, 0.25) is 0 Å². The second kappa shape index (κ2) is 60.9. The number of carbonyl (C=O) groups excluding carboxylic acids is 2. The Balaban J connectivity index is 3.47. The van der Waals surface area contributed by atoms with Crippen LogP contribution in [0.4, 0.5) is 0 Å². The van der Waals surface area contributed by atoms with Gasteiger partial charge in [-0.2, -0.15) is 0 Å².